The summed E-state index contributed by atoms with van der Waals surface area (Å²) in [5.41, 5.74) is 5.34. The Morgan fingerprint density at radius 2 is 2.21 bits per heavy atom. The Bertz CT molecular complexity index is 848. The molecule has 3 aromatic rings. The second-order valence-corrected chi connectivity index (χ2v) is 7.72. The molecule has 1 atom stereocenters. The van der Waals surface area contributed by atoms with Gasteiger partial charge in [-0.15, -0.1) is 11.3 Å². The normalized spacial score (nSPS) is 18.2. The number of benzene rings is 1. The predicted molar refractivity (Wildman–Crippen MR) is 102 cm³/mol. The Morgan fingerprint density at radius 1 is 1.38 bits per heavy atom. The molecule has 0 aliphatic carbocycles. The molecule has 0 radical (unpaired) electrons. The van der Waals surface area contributed by atoms with E-state index in [0.29, 0.717) is 12.0 Å². The Labute approximate surface area is 146 Å². The minimum absolute atomic E-state index is 0.417. The highest BCUT2D eigenvalue weighted by molar-refractivity contribution is 7.13. The Balaban J connectivity index is 1.69. The number of hydrogen-bond donors (Lipinski definition) is 2. The van der Waals surface area contributed by atoms with Gasteiger partial charge in [-0.3, -0.25) is 4.90 Å². The van der Waals surface area contributed by atoms with Crippen LogP contribution >= 0.6 is 11.3 Å². The van der Waals surface area contributed by atoms with Gasteiger partial charge in [-0.25, -0.2) is 4.98 Å². The molecule has 0 fully saturated rings. The van der Waals surface area contributed by atoms with Gasteiger partial charge in [-0.05, 0) is 24.0 Å². The fourth-order valence-electron chi connectivity index (χ4n) is 3.95. The number of nitrogens with zero attached hydrogens (tertiary/aromatic N) is 2. The van der Waals surface area contributed by atoms with E-state index in [9.17, 15) is 0 Å². The number of aromatic nitrogens is 2. The first kappa shape index (κ1) is 15.7. The molecule has 0 spiro atoms. The molecule has 2 aromatic heterocycles. The smallest absolute Gasteiger partial charge is 0.182 e. The first-order chi connectivity index (χ1) is 11.7. The highest BCUT2D eigenvalue weighted by atomic mass is 32.1. The molecular weight excluding hydrogens is 316 g/mol. The van der Waals surface area contributed by atoms with Crippen molar-refractivity contribution < 1.29 is 0 Å². The van der Waals surface area contributed by atoms with Gasteiger partial charge in [0.2, 0.25) is 0 Å². The second kappa shape index (κ2) is 6.22. The largest absolute Gasteiger partial charge is 0.365 e. The molecule has 0 saturated carbocycles. The van der Waals surface area contributed by atoms with Crippen LogP contribution in [-0.2, 0) is 13.0 Å². The summed E-state index contributed by atoms with van der Waals surface area (Å²) in [6, 6.07) is 9.11. The van der Waals surface area contributed by atoms with Crippen LogP contribution in [0.25, 0.3) is 10.9 Å². The maximum absolute atomic E-state index is 4.67. The minimum Gasteiger partial charge on any atom is -0.365 e. The first-order valence-electron chi connectivity index (χ1n) is 8.63. The molecule has 126 valence electrons. The molecule has 1 aromatic carbocycles. The average molecular weight is 340 g/mol. The summed E-state index contributed by atoms with van der Waals surface area (Å²) in [5.74, 6) is 0.555. The van der Waals surface area contributed by atoms with E-state index in [-0.39, 0.29) is 0 Å². The molecule has 1 aliphatic rings. The Morgan fingerprint density at radius 3 is 2.96 bits per heavy atom. The number of nitrogens with one attached hydrogen (secondary N) is 2. The average Bonchev–Trinajstić information content (AvgIpc) is 3.18. The molecule has 0 amide bonds. The van der Waals surface area contributed by atoms with Crippen molar-refractivity contribution in [2.75, 3.05) is 18.9 Å². The summed E-state index contributed by atoms with van der Waals surface area (Å²) >= 11 is 1.68. The van der Waals surface area contributed by atoms with Gasteiger partial charge in [-0.1, -0.05) is 32.0 Å². The molecule has 24 heavy (non-hydrogen) atoms. The zero-order chi connectivity index (χ0) is 16.7. The lowest BCUT2D eigenvalue weighted by molar-refractivity contribution is 0.131. The number of aromatic amines is 1. The van der Waals surface area contributed by atoms with E-state index in [1.54, 1.807) is 11.3 Å². The van der Waals surface area contributed by atoms with Crippen molar-refractivity contribution in [2.45, 2.75) is 32.9 Å². The highest BCUT2D eigenvalue weighted by Crippen LogP contribution is 2.39. The molecule has 1 aliphatic heterocycles. The van der Waals surface area contributed by atoms with E-state index in [2.05, 4.69) is 63.7 Å². The van der Waals surface area contributed by atoms with E-state index in [1.165, 1.54) is 22.2 Å². The van der Waals surface area contributed by atoms with E-state index in [1.807, 2.05) is 7.05 Å². The third-order valence-electron chi connectivity index (χ3n) is 4.95. The van der Waals surface area contributed by atoms with Gasteiger partial charge in [-0.2, -0.15) is 0 Å². The maximum atomic E-state index is 4.67. The van der Waals surface area contributed by atoms with Crippen molar-refractivity contribution in [3.05, 3.63) is 46.6 Å². The number of rotatable bonds is 4. The molecule has 0 bridgehead atoms. The highest BCUT2D eigenvalue weighted by Gasteiger charge is 2.32. The van der Waals surface area contributed by atoms with Crippen LogP contribution < -0.4 is 5.32 Å². The van der Waals surface area contributed by atoms with Crippen molar-refractivity contribution in [3.63, 3.8) is 0 Å². The summed E-state index contributed by atoms with van der Waals surface area (Å²) in [6.45, 7) is 6.64. The topological polar surface area (TPSA) is 44.0 Å². The van der Waals surface area contributed by atoms with E-state index >= 15 is 0 Å². The van der Waals surface area contributed by atoms with Crippen molar-refractivity contribution in [1.82, 2.24) is 14.9 Å². The third-order valence-corrected chi connectivity index (χ3v) is 5.86. The Hall–Kier alpha value is -1.85. The van der Waals surface area contributed by atoms with Crippen LogP contribution in [0.1, 0.15) is 36.8 Å². The molecule has 0 unspecified atom stereocenters. The third kappa shape index (κ3) is 2.62. The van der Waals surface area contributed by atoms with Crippen LogP contribution in [0, 0.1) is 5.92 Å². The number of thiazole rings is 1. The van der Waals surface area contributed by atoms with Gasteiger partial charge in [0, 0.05) is 42.1 Å². The number of hydrogen-bond acceptors (Lipinski definition) is 4. The summed E-state index contributed by atoms with van der Waals surface area (Å²) in [5, 5.41) is 7.69. The van der Waals surface area contributed by atoms with Crippen LogP contribution in [0.15, 0.2) is 29.6 Å². The molecule has 5 heteroatoms. The number of anilines is 1. The van der Waals surface area contributed by atoms with Gasteiger partial charge >= 0.3 is 0 Å². The van der Waals surface area contributed by atoms with Crippen LogP contribution in [0.2, 0.25) is 0 Å². The van der Waals surface area contributed by atoms with E-state index in [0.717, 1.165) is 30.3 Å². The number of fused-ring (bicyclic) bond motifs is 3. The molecule has 0 saturated heterocycles. The number of para-hydroxylation sites is 1. The SMILES string of the molecule is CNc1nc(CN2CCc3c([nH]c4ccccc34)[C@H]2C(C)C)cs1. The zero-order valence-electron chi connectivity index (χ0n) is 14.5. The van der Waals surface area contributed by atoms with Gasteiger partial charge in [0.1, 0.15) is 0 Å². The minimum atomic E-state index is 0.417. The second-order valence-electron chi connectivity index (χ2n) is 6.87. The van der Waals surface area contributed by atoms with Crippen molar-refractivity contribution in [3.8, 4) is 0 Å². The van der Waals surface area contributed by atoms with Gasteiger partial charge in [0.15, 0.2) is 5.13 Å². The standard InChI is InChI=1S/C19H24N4S/c1-12(2)18-17-15(14-6-4-5-7-16(14)22-17)8-9-23(18)10-13-11-24-19(20-3)21-13/h4-7,11-12,18,22H,8-10H2,1-3H3,(H,20,21)/t18-/m1/s1. The van der Waals surface area contributed by atoms with Gasteiger partial charge in [0.25, 0.3) is 0 Å². The maximum Gasteiger partial charge on any atom is 0.182 e. The molecule has 4 rings (SSSR count). The number of H-pyrrole nitrogens is 1. The van der Waals surface area contributed by atoms with E-state index in [4.69, 9.17) is 0 Å². The summed E-state index contributed by atoms with van der Waals surface area (Å²) in [6.07, 6.45) is 1.10. The summed E-state index contributed by atoms with van der Waals surface area (Å²) in [7, 11) is 1.93. The lowest BCUT2D eigenvalue weighted by Gasteiger charge is -2.37. The van der Waals surface area contributed by atoms with Gasteiger partial charge in [0.05, 0.1) is 11.7 Å². The molecule has 2 N–H and O–H groups in total. The van der Waals surface area contributed by atoms with E-state index < -0.39 is 0 Å². The molecular formula is C19H24N4S. The first-order valence-corrected chi connectivity index (χ1v) is 9.51. The lowest BCUT2D eigenvalue weighted by Crippen LogP contribution is -2.37. The van der Waals surface area contributed by atoms with Crippen molar-refractivity contribution >= 4 is 27.4 Å². The molecule has 4 nitrogen and oxygen atoms in total. The summed E-state index contributed by atoms with van der Waals surface area (Å²) in [4.78, 5) is 11.0. The fourth-order valence-corrected chi connectivity index (χ4v) is 4.62. The van der Waals surface area contributed by atoms with Crippen LogP contribution in [0.5, 0.6) is 0 Å². The predicted octanol–water partition coefficient (Wildman–Crippen LogP) is 4.42. The van der Waals surface area contributed by atoms with Gasteiger partial charge < -0.3 is 10.3 Å². The van der Waals surface area contributed by atoms with Crippen molar-refractivity contribution in [2.24, 2.45) is 5.92 Å². The van der Waals surface area contributed by atoms with Crippen LogP contribution in [0.4, 0.5) is 5.13 Å². The molecule has 3 heterocycles. The van der Waals surface area contributed by atoms with Crippen molar-refractivity contribution in [1.29, 1.82) is 0 Å². The fraction of sp³-hybridized carbons (Fsp3) is 0.421. The lowest BCUT2D eigenvalue weighted by atomic mass is 9.90. The zero-order valence-corrected chi connectivity index (χ0v) is 15.3. The Kier molecular flexibility index (Phi) is 4.06. The van der Waals surface area contributed by atoms with Crippen LogP contribution in [0.3, 0.4) is 0 Å². The summed E-state index contributed by atoms with van der Waals surface area (Å²) < 4.78 is 0. The van der Waals surface area contributed by atoms with Crippen LogP contribution in [-0.4, -0.2) is 28.5 Å². The quantitative estimate of drug-likeness (QED) is 0.739. The monoisotopic (exact) mass is 340 g/mol.